The molecular formula is C16H26FN3O2. The number of nitrogens with one attached hydrogen (secondary N) is 2. The van der Waals surface area contributed by atoms with Gasteiger partial charge in [0, 0.05) is 24.8 Å². The van der Waals surface area contributed by atoms with Crippen molar-refractivity contribution >= 4 is 6.09 Å². The molecule has 0 saturated heterocycles. The van der Waals surface area contributed by atoms with Crippen LogP contribution in [0.4, 0.5) is 9.18 Å². The first-order chi connectivity index (χ1) is 10.2. The maximum Gasteiger partial charge on any atom is 0.407 e. The Kier molecular flexibility index (Phi) is 6.74. The average molecular weight is 311 g/mol. The van der Waals surface area contributed by atoms with Gasteiger partial charge in [-0.15, -0.1) is 0 Å². The lowest BCUT2D eigenvalue weighted by Crippen LogP contribution is -2.44. The number of hydrogen-bond acceptors (Lipinski definition) is 4. The Morgan fingerprint density at radius 1 is 1.41 bits per heavy atom. The lowest BCUT2D eigenvalue weighted by atomic mass is 10.1. The molecule has 6 heteroatoms. The minimum atomic E-state index is -0.518. The van der Waals surface area contributed by atoms with Crippen LogP contribution in [0.3, 0.4) is 0 Å². The van der Waals surface area contributed by atoms with Crippen molar-refractivity contribution in [2.24, 2.45) is 0 Å². The van der Waals surface area contributed by atoms with Crippen LogP contribution in [0.1, 0.15) is 52.6 Å². The van der Waals surface area contributed by atoms with Crippen LogP contribution in [0.2, 0.25) is 0 Å². The van der Waals surface area contributed by atoms with Crippen LogP contribution >= 0.6 is 0 Å². The van der Waals surface area contributed by atoms with E-state index in [9.17, 15) is 9.18 Å². The van der Waals surface area contributed by atoms with Crippen molar-refractivity contribution in [3.8, 4) is 0 Å². The van der Waals surface area contributed by atoms with Crippen LogP contribution in [-0.2, 0) is 4.74 Å². The second-order valence-electron chi connectivity index (χ2n) is 6.32. The van der Waals surface area contributed by atoms with Gasteiger partial charge in [0.05, 0.1) is 6.20 Å². The maximum atomic E-state index is 13.2. The number of nitrogens with zero attached hydrogens (tertiary/aromatic N) is 1. The number of alkyl carbamates (subject to hydrolysis) is 1. The molecule has 1 aromatic rings. The molecule has 1 amide bonds. The fourth-order valence-electron chi connectivity index (χ4n) is 1.87. The molecule has 2 unspecified atom stereocenters. The molecule has 0 aliphatic rings. The third kappa shape index (κ3) is 6.85. The van der Waals surface area contributed by atoms with E-state index in [1.807, 2.05) is 34.6 Å². The van der Waals surface area contributed by atoms with E-state index in [4.69, 9.17) is 4.74 Å². The predicted octanol–water partition coefficient (Wildman–Crippen LogP) is 3.17. The average Bonchev–Trinajstić information content (AvgIpc) is 2.41. The maximum absolute atomic E-state index is 13.2. The first-order valence-corrected chi connectivity index (χ1v) is 7.54. The van der Waals surface area contributed by atoms with Gasteiger partial charge in [-0.05, 0) is 45.7 Å². The highest BCUT2D eigenvalue weighted by Gasteiger charge is 2.19. The van der Waals surface area contributed by atoms with Gasteiger partial charge in [0.2, 0.25) is 0 Å². The molecule has 1 heterocycles. The number of hydrogen-bond donors (Lipinski definition) is 2. The summed E-state index contributed by atoms with van der Waals surface area (Å²) in [7, 11) is 0. The summed E-state index contributed by atoms with van der Waals surface area (Å²) in [5.74, 6) is -0.356. The summed E-state index contributed by atoms with van der Waals surface area (Å²) in [5, 5.41) is 6.10. The Hall–Kier alpha value is -1.69. The Morgan fingerprint density at radius 3 is 2.64 bits per heavy atom. The third-order valence-electron chi connectivity index (χ3n) is 3.11. The summed E-state index contributed by atoms with van der Waals surface area (Å²) < 4.78 is 18.4. The lowest BCUT2D eigenvalue weighted by molar-refractivity contribution is 0.0502. The van der Waals surface area contributed by atoms with E-state index in [0.717, 1.165) is 12.0 Å². The predicted molar refractivity (Wildman–Crippen MR) is 84.1 cm³/mol. The summed E-state index contributed by atoms with van der Waals surface area (Å²) in [6.07, 6.45) is 3.14. The number of halogens is 1. The summed E-state index contributed by atoms with van der Waals surface area (Å²) in [6, 6.07) is 1.34. The van der Waals surface area contributed by atoms with Crippen molar-refractivity contribution in [1.82, 2.24) is 15.6 Å². The van der Waals surface area contributed by atoms with Crippen LogP contribution in [0.15, 0.2) is 18.5 Å². The van der Waals surface area contributed by atoms with Crippen LogP contribution in [0.25, 0.3) is 0 Å². The van der Waals surface area contributed by atoms with Crippen LogP contribution in [0, 0.1) is 5.82 Å². The second-order valence-corrected chi connectivity index (χ2v) is 6.32. The van der Waals surface area contributed by atoms with Crippen molar-refractivity contribution < 1.29 is 13.9 Å². The highest BCUT2D eigenvalue weighted by molar-refractivity contribution is 5.68. The minimum Gasteiger partial charge on any atom is -0.444 e. The van der Waals surface area contributed by atoms with Gasteiger partial charge in [-0.1, -0.05) is 6.92 Å². The monoisotopic (exact) mass is 311 g/mol. The Balaban J connectivity index is 2.48. The number of carbonyl (C=O) groups excluding carboxylic acids is 1. The number of ether oxygens (including phenoxy) is 1. The number of carbonyl (C=O) groups is 1. The molecule has 2 atom stereocenters. The first kappa shape index (κ1) is 18.4. The van der Waals surface area contributed by atoms with Crippen LogP contribution in [-0.4, -0.2) is 29.3 Å². The van der Waals surface area contributed by atoms with Gasteiger partial charge in [0.1, 0.15) is 11.4 Å². The van der Waals surface area contributed by atoms with Gasteiger partial charge < -0.3 is 15.4 Å². The molecule has 22 heavy (non-hydrogen) atoms. The molecule has 0 saturated carbocycles. The molecule has 124 valence electrons. The van der Waals surface area contributed by atoms with E-state index in [2.05, 4.69) is 15.6 Å². The molecular weight excluding hydrogens is 285 g/mol. The summed E-state index contributed by atoms with van der Waals surface area (Å²) in [5.41, 5.74) is 0.253. The SMILES string of the molecule is CCC(CNC(C)c1cncc(F)c1)NC(=O)OC(C)(C)C. The summed E-state index contributed by atoms with van der Waals surface area (Å²) >= 11 is 0. The number of amides is 1. The lowest BCUT2D eigenvalue weighted by Gasteiger charge is -2.24. The van der Waals surface area contributed by atoms with Crippen LogP contribution in [0.5, 0.6) is 0 Å². The van der Waals surface area contributed by atoms with Crippen molar-refractivity contribution in [2.45, 2.75) is 58.7 Å². The third-order valence-corrected chi connectivity index (χ3v) is 3.11. The van der Waals surface area contributed by atoms with Gasteiger partial charge in [0.25, 0.3) is 0 Å². The molecule has 5 nitrogen and oxygen atoms in total. The summed E-state index contributed by atoms with van der Waals surface area (Å²) in [6.45, 7) is 9.95. The van der Waals surface area contributed by atoms with Gasteiger partial charge in [0.15, 0.2) is 0 Å². The van der Waals surface area contributed by atoms with E-state index in [1.165, 1.54) is 12.3 Å². The fourth-order valence-corrected chi connectivity index (χ4v) is 1.87. The Bertz CT molecular complexity index is 489. The zero-order chi connectivity index (χ0) is 16.8. The highest BCUT2D eigenvalue weighted by atomic mass is 19.1. The fraction of sp³-hybridized carbons (Fsp3) is 0.625. The highest BCUT2D eigenvalue weighted by Crippen LogP contribution is 2.12. The van der Waals surface area contributed by atoms with E-state index >= 15 is 0 Å². The van der Waals surface area contributed by atoms with E-state index < -0.39 is 11.7 Å². The second kappa shape index (κ2) is 8.08. The summed E-state index contributed by atoms with van der Waals surface area (Å²) in [4.78, 5) is 15.6. The topological polar surface area (TPSA) is 63.2 Å². The van der Waals surface area contributed by atoms with Crippen molar-refractivity contribution in [3.63, 3.8) is 0 Å². The van der Waals surface area contributed by atoms with Gasteiger partial charge in [-0.3, -0.25) is 4.98 Å². The number of rotatable bonds is 6. The van der Waals surface area contributed by atoms with Crippen molar-refractivity contribution in [1.29, 1.82) is 0 Å². The quantitative estimate of drug-likeness (QED) is 0.847. The molecule has 0 aromatic carbocycles. The van der Waals surface area contributed by atoms with Crippen molar-refractivity contribution in [2.75, 3.05) is 6.54 Å². The van der Waals surface area contributed by atoms with Crippen LogP contribution < -0.4 is 10.6 Å². The van der Waals surface area contributed by atoms with E-state index in [1.54, 1.807) is 6.20 Å². The molecule has 0 fully saturated rings. The van der Waals surface area contributed by atoms with E-state index in [0.29, 0.717) is 6.54 Å². The van der Waals surface area contributed by atoms with E-state index in [-0.39, 0.29) is 17.9 Å². The zero-order valence-electron chi connectivity index (χ0n) is 13.9. The van der Waals surface area contributed by atoms with Gasteiger partial charge in [-0.25, -0.2) is 9.18 Å². The molecule has 0 aliphatic carbocycles. The molecule has 0 spiro atoms. The standard InChI is InChI=1S/C16H26FN3O2/c1-6-14(20-15(21)22-16(3,4)5)10-19-11(2)12-7-13(17)9-18-8-12/h7-9,11,14,19H,6,10H2,1-5H3,(H,20,21). The number of aromatic nitrogens is 1. The normalized spacial score (nSPS) is 14.3. The number of pyridine rings is 1. The van der Waals surface area contributed by atoms with Crippen molar-refractivity contribution in [3.05, 3.63) is 29.8 Å². The molecule has 0 bridgehead atoms. The largest absolute Gasteiger partial charge is 0.444 e. The zero-order valence-corrected chi connectivity index (χ0v) is 13.9. The van der Waals surface area contributed by atoms with Gasteiger partial charge >= 0.3 is 6.09 Å². The Morgan fingerprint density at radius 2 is 2.09 bits per heavy atom. The molecule has 1 aromatic heterocycles. The minimum absolute atomic E-state index is 0.0566. The van der Waals surface area contributed by atoms with Gasteiger partial charge in [-0.2, -0.15) is 0 Å². The smallest absolute Gasteiger partial charge is 0.407 e. The molecule has 2 N–H and O–H groups in total. The molecule has 0 aliphatic heterocycles. The molecule has 1 rings (SSSR count). The molecule has 0 radical (unpaired) electrons. The Labute approximate surface area is 131 Å². The first-order valence-electron chi connectivity index (χ1n) is 7.54.